The highest BCUT2D eigenvalue weighted by atomic mass is 35.5. The maximum absolute atomic E-state index is 6.29. The topological polar surface area (TPSA) is 50.3 Å². The van der Waals surface area contributed by atoms with E-state index in [0.717, 1.165) is 24.3 Å². The van der Waals surface area contributed by atoms with Gasteiger partial charge in [-0.05, 0) is 43.5 Å². The average Bonchev–Trinajstić information content (AvgIpc) is 2.69. The van der Waals surface area contributed by atoms with E-state index < -0.39 is 0 Å². The van der Waals surface area contributed by atoms with E-state index in [-0.39, 0.29) is 0 Å². The zero-order valence-electron chi connectivity index (χ0n) is 15.0. The number of halogens is 2. The highest BCUT2D eigenvalue weighted by molar-refractivity contribution is 6.39. The standard InChI is InChI=1S/C20H20Cl2N4O/c1-27-20-16(22)12-15(21)14-5-6-17(25-19(14)20)24-18-11-13(7-8-23-18)26-9-3-2-4-10-26/h5-8,11-12H,2-4,9-10H2,1H3,(H,23,24,25). The number of hydrogen-bond acceptors (Lipinski definition) is 5. The Balaban J connectivity index is 1.65. The molecule has 0 spiro atoms. The summed E-state index contributed by atoms with van der Waals surface area (Å²) < 4.78 is 5.41. The minimum atomic E-state index is 0.435. The molecule has 1 aromatic carbocycles. The number of nitrogens with zero attached hydrogens (tertiary/aromatic N) is 3. The monoisotopic (exact) mass is 402 g/mol. The van der Waals surface area contributed by atoms with Crippen molar-refractivity contribution in [3.63, 3.8) is 0 Å². The molecule has 4 rings (SSSR count). The zero-order chi connectivity index (χ0) is 18.8. The number of anilines is 3. The molecule has 0 radical (unpaired) electrons. The van der Waals surface area contributed by atoms with Gasteiger partial charge in [0, 0.05) is 36.4 Å². The fraction of sp³-hybridized carbons (Fsp3) is 0.300. The lowest BCUT2D eigenvalue weighted by Crippen LogP contribution is -2.29. The normalized spacial score (nSPS) is 14.4. The molecule has 1 N–H and O–H groups in total. The molecule has 7 heteroatoms. The summed E-state index contributed by atoms with van der Waals surface area (Å²) in [6, 6.07) is 9.55. The second-order valence-electron chi connectivity index (χ2n) is 6.54. The molecule has 5 nitrogen and oxygen atoms in total. The Labute approximate surface area is 168 Å². The number of piperidine rings is 1. The molecule has 2 aromatic heterocycles. The fourth-order valence-corrected chi connectivity index (χ4v) is 4.02. The van der Waals surface area contributed by atoms with Crippen LogP contribution in [0.15, 0.2) is 36.5 Å². The predicted molar refractivity (Wildman–Crippen MR) is 112 cm³/mol. The Hall–Kier alpha value is -2.24. The summed E-state index contributed by atoms with van der Waals surface area (Å²) in [6.45, 7) is 2.18. The molecule has 1 aliphatic heterocycles. The van der Waals surface area contributed by atoms with Gasteiger partial charge in [-0.3, -0.25) is 0 Å². The number of aromatic nitrogens is 2. The van der Waals surface area contributed by atoms with Crippen molar-refractivity contribution < 1.29 is 4.74 Å². The Morgan fingerprint density at radius 3 is 2.59 bits per heavy atom. The highest BCUT2D eigenvalue weighted by Gasteiger charge is 2.14. The molecule has 140 valence electrons. The lowest BCUT2D eigenvalue weighted by atomic mass is 10.1. The summed E-state index contributed by atoms with van der Waals surface area (Å²) in [5.74, 6) is 1.91. The number of fused-ring (bicyclic) bond motifs is 1. The maximum Gasteiger partial charge on any atom is 0.163 e. The third-order valence-electron chi connectivity index (χ3n) is 4.76. The number of rotatable bonds is 4. The first-order valence-electron chi connectivity index (χ1n) is 8.96. The first kappa shape index (κ1) is 18.1. The molecule has 27 heavy (non-hydrogen) atoms. The number of hydrogen-bond donors (Lipinski definition) is 1. The summed E-state index contributed by atoms with van der Waals surface area (Å²) in [6.07, 6.45) is 5.60. The fourth-order valence-electron chi connectivity index (χ4n) is 3.42. The molecule has 1 aliphatic rings. The molecular formula is C20H20Cl2N4O. The smallest absolute Gasteiger partial charge is 0.163 e. The van der Waals surface area contributed by atoms with Gasteiger partial charge in [-0.25, -0.2) is 9.97 Å². The van der Waals surface area contributed by atoms with E-state index in [0.29, 0.717) is 27.1 Å². The van der Waals surface area contributed by atoms with Gasteiger partial charge >= 0.3 is 0 Å². The molecule has 0 bridgehead atoms. The van der Waals surface area contributed by atoms with Crippen LogP contribution in [0.3, 0.4) is 0 Å². The van der Waals surface area contributed by atoms with Crippen LogP contribution < -0.4 is 15.0 Å². The Bertz CT molecular complexity index is 974. The summed E-state index contributed by atoms with van der Waals surface area (Å²) >= 11 is 12.5. The highest BCUT2D eigenvalue weighted by Crippen LogP contribution is 2.37. The number of nitrogens with one attached hydrogen (secondary N) is 1. The van der Waals surface area contributed by atoms with Crippen molar-refractivity contribution >= 4 is 51.4 Å². The minimum Gasteiger partial charge on any atom is -0.493 e. The third-order valence-corrected chi connectivity index (χ3v) is 5.36. The lowest BCUT2D eigenvalue weighted by Gasteiger charge is -2.28. The van der Waals surface area contributed by atoms with Crippen LogP contribution in [0.5, 0.6) is 5.75 Å². The van der Waals surface area contributed by atoms with E-state index in [2.05, 4.69) is 26.3 Å². The van der Waals surface area contributed by atoms with Crippen LogP contribution in [-0.4, -0.2) is 30.2 Å². The van der Waals surface area contributed by atoms with Gasteiger partial charge in [0.25, 0.3) is 0 Å². The summed E-state index contributed by atoms with van der Waals surface area (Å²) in [5, 5.41) is 5.04. The average molecular weight is 403 g/mol. The molecule has 1 saturated heterocycles. The van der Waals surface area contributed by atoms with Crippen LogP contribution in [0.1, 0.15) is 19.3 Å². The van der Waals surface area contributed by atoms with Crippen LogP contribution in [0.25, 0.3) is 10.9 Å². The second kappa shape index (κ2) is 7.79. The van der Waals surface area contributed by atoms with Gasteiger partial charge in [0.05, 0.1) is 17.2 Å². The van der Waals surface area contributed by atoms with E-state index in [1.54, 1.807) is 13.2 Å². The largest absolute Gasteiger partial charge is 0.493 e. The predicted octanol–water partition coefficient (Wildman–Crippen LogP) is 5.68. The number of benzene rings is 1. The second-order valence-corrected chi connectivity index (χ2v) is 7.35. The summed E-state index contributed by atoms with van der Waals surface area (Å²) in [7, 11) is 1.57. The van der Waals surface area contributed by atoms with Crippen LogP contribution in [-0.2, 0) is 0 Å². The molecule has 3 aromatic rings. The Morgan fingerprint density at radius 2 is 1.81 bits per heavy atom. The van der Waals surface area contributed by atoms with E-state index in [1.807, 2.05) is 24.4 Å². The maximum atomic E-state index is 6.29. The van der Waals surface area contributed by atoms with Gasteiger partial charge in [0.2, 0.25) is 0 Å². The van der Waals surface area contributed by atoms with Crippen molar-refractivity contribution in [1.82, 2.24) is 9.97 Å². The summed E-state index contributed by atoms with van der Waals surface area (Å²) in [5.41, 5.74) is 1.80. The number of methoxy groups -OCH3 is 1. The van der Waals surface area contributed by atoms with E-state index >= 15 is 0 Å². The molecule has 1 fully saturated rings. The van der Waals surface area contributed by atoms with Crippen molar-refractivity contribution in [3.05, 3.63) is 46.6 Å². The van der Waals surface area contributed by atoms with Gasteiger partial charge < -0.3 is 15.0 Å². The van der Waals surface area contributed by atoms with E-state index in [1.165, 1.54) is 24.9 Å². The van der Waals surface area contributed by atoms with E-state index in [4.69, 9.17) is 27.9 Å². The molecule has 3 heterocycles. The van der Waals surface area contributed by atoms with Crippen molar-refractivity contribution in [1.29, 1.82) is 0 Å². The van der Waals surface area contributed by atoms with Gasteiger partial charge in [0.1, 0.15) is 17.2 Å². The number of ether oxygens (including phenoxy) is 1. The van der Waals surface area contributed by atoms with Crippen LogP contribution in [0.2, 0.25) is 10.0 Å². The minimum absolute atomic E-state index is 0.435. The Kier molecular flexibility index (Phi) is 5.23. The SMILES string of the molecule is COc1c(Cl)cc(Cl)c2ccc(Nc3cc(N4CCCCC4)ccn3)nc12. The molecule has 0 saturated carbocycles. The third kappa shape index (κ3) is 3.75. The quantitative estimate of drug-likeness (QED) is 0.608. The first-order chi connectivity index (χ1) is 13.2. The molecule has 0 unspecified atom stereocenters. The van der Waals surface area contributed by atoms with Gasteiger partial charge in [-0.1, -0.05) is 23.2 Å². The van der Waals surface area contributed by atoms with Crippen LogP contribution in [0.4, 0.5) is 17.3 Å². The van der Waals surface area contributed by atoms with E-state index in [9.17, 15) is 0 Å². The van der Waals surface area contributed by atoms with Crippen LogP contribution >= 0.6 is 23.2 Å². The molecular weight excluding hydrogens is 383 g/mol. The lowest BCUT2D eigenvalue weighted by molar-refractivity contribution is 0.419. The molecule has 0 amide bonds. The van der Waals surface area contributed by atoms with Crippen molar-refractivity contribution in [2.45, 2.75) is 19.3 Å². The molecule has 0 aliphatic carbocycles. The number of pyridine rings is 2. The van der Waals surface area contributed by atoms with Crippen molar-refractivity contribution in [3.8, 4) is 5.75 Å². The Morgan fingerprint density at radius 1 is 1.00 bits per heavy atom. The van der Waals surface area contributed by atoms with Gasteiger partial charge in [-0.15, -0.1) is 0 Å². The summed E-state index contributed by atoms with van der Waals surface area (Å²) in [4.78, 5) is 11.5. The first-order valence-corrected chi connectivity index (χ1v) is 9.72. The molecule has 0 atom stereocenters. The van der Waals surface area contributed by atoms with Crippen molar-refractivity contribution in [2.24, 2.45) is 0 Å². The van der Waals surface area contributed by atoms with Gasteiger partial charge in [0.15, 0.2) is 5.75 Å². The van der Waals surface area contributed by atoms with Crippen molar-refractivity contribution in [2.75, 3.05) is 30.4 Å². The zero-order valence-corrected chi connectivity index (χ0v) is 16.5. The van der Waals surface area contributed by atoms with Gasteiger partial charge in [-0.2, -0.15) is 0 Å². The van der Waals surface area contributed by atoms with Crippen LogP contribution in [0, 0.1) is 0 Å².